The van der Waals surface area contributed by atoms with E-state index < -0.39 is 6.61 Å². The van der Waals surface area contributed by atoms with Gasteiger partial charge in [0.1, 0.15) is 0 Å². The van der Waals surface area contributed by atoms with Crippen LogP contribution in [0.5, 0.6) is 11.5 Å². The van der Waals surface area contributed by atoms with Gasteiger partial charge < -0.3 is 20.5 Å². The van der Waals surface area contributed by atoms with Gasteiger partial charge in [0.05, 0.1) is 13.2 Å². The molecule has 0 bridgehead atoms. The first kappa shape index (κ1) is 17.0. The average molecular weight is 301 g/mol. The topological polar surface area (TPSA) is 68.9 Å². The Kier molecular flexibility index (Phi) is 7.28. The molecule has 0 amide bonds. The van der Waals surface area contributed by atoms with Gasteiger partial charge in [-0.05, 0) is 19.4 Å². The zero-order valence-corrected chi connectivity index (χ0v) is 12.2. The second-order valence-corrected chi connectivity index (χ2v) is 4.18. The highest BCUT2D eigenvalue weighted by Gasteiger charge is 2.15. The largest absolute Gasteiger partial charge is 0.490 e. The third-order valence-corrected chi connectivity index (χ3v) is 2.54. The first-order chi connectivity index (χ1) is 10.1. The lowest BCUT2D eigenvalue weighted by molar-refractivity contribution is -0.0520. The second kappa shape index (κ2) is 8.99. The Morgan fingerprint density at radius 1 is 1.38 bits per heavy atom. The molecule has 0 unspecified atom stereocenters. The van der Waals surface area contributed by atoms with E-state index >= 15 is 0 Å². The van der Waals surface area contributed by atoms with Gasteiger partial charge in [0, 0.05) is 12.1 Å². The lowest BCUT2D eigenvalue weighted by Gasteiger charge is -2.14. The van der Waals surface area contributed by atoms with Crippen molar-refractivity contribution in [1.82, 2.24) is 5.32 Å². The van der Waals surface area contributed by atoms with Crippen molar-refractivity contribution in [2.75, 3.05) is 13.2 Å². The van der Waals surface area contributed by atoms with Crippen LogP contribution in [0.15, 0.2) is 23.2 Å². The fourth-order valence-electron chi connectivity index (χ4n) is 1.66. The van der Waals surface area contributed by atoms with Crippen LogP contribution in [0.2, 0.25) is 0 Å². The van der Waals surface area contributed by atoms with Crippen LogP contribution in [-0.2, 0) is 6.54 Å². The molecule has 0 aliphatic carbocycles. The van der Waals surface area contributed by atoms with Crippen molar-refractivity contribution in [3.05, 3.63) is 23.8 Å². The molecule has 21 heavy (non-hydrogen) atoms. The molecule has 0 aliphatic heterocycles. The van der Waals surface area contributed by atoms with Crippen LogP contribution in [0, 0.1) is 0 Å². The number of ether oxygens (including phenoxy) is 2. The number of hydrogen-bond donors (Lipinski definition) is 2. The first-order valence-electron chi connectivity index (χ1n) is 6.81. The number of alkyl halides is 2. The van der Waals surface area contributed by atoms with Crippen LogP contribution in [0.1, 0.15) is 25.8 Å². The summed E-state index contributed by atoms with van der Waals surface area (Å²) in [5.74, 6) is 0.536. The summed E-state index contributed by atoms with van der Waals surface area (Å²) in [7, 11) is 0. The van der Waals surface area contributed by atoms with Crippen LogP contribution >= 0.6 is 0 Å². The maximum absolute atomic E-state index is 12.5. The average Bonchev–Trinajstić information content (AvgIpc) is 2.45. The molecule has 0 spiro atoms. The Bertz CT molecular complexity index is 468. The summed E-state index contributed by atoms with van der Waals surface area (Å²) in [5, 5.41) is 2.91. The van der Waals surface area contributed by atoms with Gasteiger partial charge in [0.25, 0.3) is 0 Å². The Balaban J connectivity index is 2.91. The molecular formula is C14H21F2N3O2. The summed E-state index contributed by atoms with van der Waals surface area (Å²) in [5.41, 5.74) is 6.16. The van der Waals surface area contributed by atoms with E-state index in [1.807, 2.05) is 6.92 Å². The van der Waals surface area contributed by atoms with Crippen LogP contribution in [-0.4, -0.2) is 25.7 Å². The third kappa shape index (κ3) is 5.85. The van der Waals surface area contributed by atoms with Crippen molar-refractivity contribution in [2.45, 2.75) is 33.4 Å². The lowest BCUT2D eigenvalue weighted by atomic mass is 10.2. The minimum atomic E-state index is -2.93. The van der Waals surface area contributed by atoms with E-state index in [1.54, 1.807) is 25.1 Å². The van der Waals surface area contributed by atoms with E-state index in [0.717, 1.165) is 6.42 Å². The SMILES string of the molecule is CCCNC(N)=NCc1cccc(OCC)c1OC(F)F. The van der Waals surface area contributed by atoms with Crippen LogP contribution in [0.4, 0.5) is 8.78 Å². The number of nitrogens with one attached hydrogen (secondary N) is 1. The third-order valence-electron chi connectivity index (χ3n) is 2.54. The molecule has 0 saturated carbocycles. The molecule has 1 rings (SSSR count). The first-order valence-corrected chi connectivity index (χ1v) is 6.81. The van der Waals surface area contributed by atoms with Crippen molar-refractivity contribution in [1.29, 1.82) is 0 Å². The monoisotopic (exact) mass is 301 g/mol. The van der Waals surface area contributed by atoms with E-state index in [2.05, 4.69) is 15.0 Å². The predicted octanol–water partition coefficient (Wildman–Crippen LogP) is 2.50. The lowest BCUT2D eigenvalue weighted by Crippen LogP contribution is -2.32. The van der Waals surface area contributed by atoms with Crippen molar-refractivity contribution in [3.8, 4) is 11.5 Å². The minimum absolute atomic E-state index is 0.00129. The van der Waals surface area contributed by atoms with Gasteiger partial charge in [0.15, 0.2) is 17.5 Å². The number of para-hydroxylation sites is 1. The van der Waals surface area contributed by atoms with Gasteiger partial charge in [-0.25, -0.2) is 4.99 Å². The zero-order valence-electron chi connectivity index (χ0n) is 12.2. The smallest absolute Gasteiger partial charge is 0.387 e. The summed E-state index contributed by atoms with van der Waals surface area (Å²) in [6, 6.07) is 4.92. The number of aliphatic imine (C=N–C) groups is 1. The summed E-state index contributed by atoms with van der Waals surface area (Å²) in [4.78, 5) is 4.10. The molecule has 0 atom stereocenters. The highest BCUT2D eigenvalue weighted by molar-refractivity contribution is 5.77. The van der Waals surface area contributed by atoms with Crippen LogP contribution in [0.25, 0.3) is 0 Å². The number of guanidine groups is 1. The molecule has 3 N–H and O–H groups in total. The molecule has 5 nitrogen and oxygen atoms in total. The van der Waals surface area contributed by atoms with Gasteiger partial charge in [-0.1, -0.05) is 19.1 Å². The van der Waals surface area contributed by atoms with E-state index in [-0.39, 0.29) is 24.0 Å². The van der Waals surface area contributed by atoms with Crippen molar-refractivity contribution >= 4 is 5.96 Å². The standard InChI is InChI=1S/C14H21F2N3O2/c1-3-8-18-14(17)19-9-10-6-5-7-11(20-4-2)12(10)21-13(15)16/h5-7,13H,3-4,8-9H2,1-2H3,(H3,17,18,19). The summed E-state index contributed by atoms with van der Waals surface area (Å²) in [6.45, 7) is 2.03. The Morgan fingerprint density at radius 3 is 2.76 bits per heavy atom. The molecule has 7 heteroatoms. The fourth-order valence-corrected chi connectivity index (χ4v) is 1.66. The number of nitrogens with two attached hydrogens (primary N) is 1. The van der Waals surface area contributed by atoms with E-state index in [9.17, 15) is 8.78 Å². The predicted molar refractivity (Wildman–Crippen MR) is 77.9 cm³/mol. The van der Waals surface area contributed by atoms with E-state index in [1.165, 1.54) is 0 Å². The maximum atomic E-state index is 12.5. The van der Waals surface area contributed by atoms with Crippen molar-refractivity contribution in [2.24, 2.45) is 10.7 Å². The Labute approximate surface area is 123 Å². The molecular weight excluding hydrogens is 280 g/mol. The van der Waals surface area contributed by atoms with Gasteiger partial charge in [0.2, 0.25) is 0 Å². The summed E-state index contributed by atoms with van der Waals surface area (Å²) in [6.07, 6.45) is 0.912. The highest BCUT2D eigenvalue weighted by Crippen LogP contribution is 2.33. The molecule has 0 aliphatic rings. The molecule has 0 aromatic heterocycles. The molecule has 0 saturated heterocycles. The molecule has 0 radical (unpaired) electrons. The number of rotatable bonds is 8. The fraction of sp³-hybridized carbons (Fsp3) is 0.500. The number of halogens is 2. The number of hydrogen-bond acceptors (Lipinski definition) is 3. The Morgan fingerprint density at radius 2 is 2.14 bits per heavy atom. The molecule has 1 aromatic rings. The number of nitrogens with zero attached hydrogens (tertiary/aromatic N) is 1. The minimum Gasteiger partial charge on any atom is -0.490 e. The molecule has 0 heterocycles. The second-order valence-electron chi connectivity index (χ2n) is 4.18. The highest BCUT2D eigenvalue weighted by atomic mass is 19.3. The van der Waals surface area contributed by atoms with Crippen molar-refractivity contribution in [3.63, 3.8) is 0 Å². The van der Waals surface area contributed by atoms with Gasteiger partial charge in [-0.15, -0.1) is 0 Å². The molecule has 0 fully saturated rings. The molecule has 1 aromatic carbocycles. The zero-order chi connectivity index (χ0) is 15.7. The van der Waals surface area contributed by atoms with Crippen LogP contribution in [0.3, 0.4) is 0 Å². The summed E-state index contributed by atoms with van der Waals surface area (Å²) >= 11 is 0. The molecule has 118 valence electrons. The van der Waals surface area contributed by atoms with Crippen molar-refractivity contribution < 1.29 is 18.3 Å². The Hall–Kier alpha value is -2.05. The quantitative estimate of drug-likeness (QED) is 0.572. The van der Waals surface area contributed by atoms with Gasteiger partial charge >= 0.3 is 6.61 Å². The van der Waals surface area contributed by atoms with E-state index in [0.29, 0.717) is 18.7 Å². The summed E-state index contributed by atoms with van der Waals surface area (Å²) < 4.78 is 34.9. The normalized spacial score (nSPS) is 11.6. The van der Waals surface area contributed by atoms with Crippen LogP contribution < -0.4 is 20.5 Å². The van der Waals surface area contributed by atoms with Gasteiger partial charge in [-0.3, -0.25) is 0 Å². The van der Waals surface area contributed by atoms with Gasteiger partial charge in [-0.2, -0.15) is 8.78 Å². The maximum Gasteiger partial charge on any atom is 0.387 e. The number of benzene rings is 1. The van der Waals surface area contributed by atoms with E-state index in [4.69, 9.17) is 10.5 Å².